The highest BCUT2D eigenvalue weighted by atomic mass is 79.9. The van der Waals surface area contributed by atoms with Gasteiger partial charge >= 0.3 is 0 Å². The molecule has 1 rings (SSSR count). The highest BCUT2D eigenvalue weighted by Crippen LogP contribution is 2.14. The molecule has 0 aliphatic heterocycles. The number of rotatable bonds is 4. The Hall–Kier alpha value is -0.890. The van der Waals surface area contributed by atoms with Gasteiger partial charge in [-0.2, -0.15) is 0 Å². The minimum atomic E-state index is 0.116. The van der Waals surface area contributed by atoms with Gasteiger partial charge < -0.3 is 0 Å². The molecular weight excluding hydrogens is 252 g/mol. The summed E-state index contributed by atoms with van der Waals surface area (Å²) in [4.78, 5) is 11.2. The first-order valence-corrected chi connectivity index (χ1v) is 6.11. The zero-order chi connectivity index (χ0) is 11.3. The van der Waals surface area contributed by atoms with E-state index < -0.39 is 0 Å². The van der Waals surface area contributed by atoms with E-state index in [-0.39, 0.29) is 5.78 Å². The number of carbonyl (C=O) groups excluding carboxylic acids is 1. The van der Waals surface area contributed by atoms with Crippen molar-refractivity contribution >= 4 is 27.8 Å². The Morgan fingerprint density at radius 1 is 1.47 bits per heavy atom. The maximum Gasteiger partial charge on any atom is 0.159 e. The van der Waals surface area contributed by atoms with Crippen molar-refractivity contribution in [1.82, 2.24) is 0 Å². The van der Waals surface area contributed by atoms with Crippen LogP contribution in [-0.2, 0) is 0 Å². The van der Waals surface area contributed by atoms with Crippen molar-refractivity contribution in [2.45, 2.75) is 20.3 Å². The van der Waals surface area contributed by atoms with Crippen molar-refractivity contribution in [1.29, 1.82) is 0 Å². The Kier molecular flexibility index (Phi) is 4.76. The van der Waals surface area contributed by atoms with Crippen LogP contribution in [0.15, 0.2) is 24.3 Å². The molecule has 0 saturated carbocycles. The van der Waals surface area contributed by atoms with Gasteiger partial charge in [-0.1, -0.05) is 40.2 Å². The van der Waals surface area contributed by atoms with Crippen LogP contribution < -0.4 is 0 Å². The van der Waals surface area contributed by atoms with Crippen molar-refractivity contribution in [3.05, 3.63) is 41.0 Å². The van der Waals surface area contributed by atoms with E-state index in [0.29, 0.717) is 0 Å². The molecule has 0 fully saturated rings. The van der Waals surface area contributed by atoms with E-state index in [1.165, 1.54) is 5.56 Å². The molecule has 0 heterocycles. The second kappa shape index (κ2) is 5.86. The summed E-state index contributed by atoms with van der Waals surface area (Å²) in [5, 5.41) is 0.967. The summed E-state index contributed by atoms with van der Waals surface area (Å²) in [7, 11) is 0. The van der Waals surface area contributed by atoms with Crippen molar-refractivity contribution < 1.29 is 4.79 Å². The first-order chi connectivity index (χ1) is 7.15. The van der Waals surface area contributed by atoms with Crippen LogP contribution in [0.1, 0.15) is 34.8 Å². The van der Waals surface area contributed by atoms with Crippen LogP contribution in [0.2, 0.25) is 0 Å². The van der Waals surface area contributed by atoms with Crippen LogP contribution in [0.3, 0.4) is 0 Å². The smallest absolute Gasteiger partial charge is 0.159 e. The van der Waals surface area contributed by atoms with Crippen LogP contribution in [0.25, 0.3) is 6.08 Å². The monoisotopic (exact) mass is 266 g/mol. The molecule has 0 amide bonds. The molecule has 0 radical (unpaired) electrons. The molecule has 1 aromatic rings. The SMILES string of the molecule is CC(=O)c1ccc(C)c(C=CCCBr)c1. The van der Waals surface area contributed by atoms with Gasteiger partial charge in [0.05, 0.1) is 0 Å². The quantitative estimate of drug-likeness (QED) is 0.595. The van der Waals surface area contributed by atoms with Gasteiger partial charge in [-0.25, -0.2) is 0 Å². The van der Waals surface area contributed by atoms with E-state index in [4.69, 9.17) is 0 Å². The largest absolute Gasteiger partial charge is 0.295 e. The van der Waals surface area contributed by atoms with Gasteiger partial charge in [0.2, 0.25) is 0 Å². The molecule has 0 spiro atoms. The lowest BCUT2D eigenvalue weighted by Gasteiger charge is -2.02. The Bertz CT molecular complexity index is 380. The summed E-state index contributed by atoms with van der Waals surface area (Å²) >= 11 is 3.37. The molecule has 0 atom stereocenters. The Morgan fingerprint density at radius 2 is 2.20 bits per heavy atom. The van der Waals surface area contributed by atoms with E-state index in [9.17, 15) is 4.79 Å². The molecule has 0 unspecified atom stereocenters. The molecule has 1 nitrogen and oxygen atoms in total. The zero-order valence-corrected chi connectivity index (χ0v) is 10.7. The molecule has 1 aromatic carbocycles. The molecule has 80 valence electrons. The summed E-state index contributed by atoms with van der Waals surface area (Å²) in [6.07, 6.45) is 5.19. The fourth-order valence-corrected chi connectivity index (χ4v) is 1.58. The second-order valence-corrected chi connectivity index (χ2v) is 4.30. The number of halogens is 1. The molecule has 0 saturated heterocycles. The van der Waals surface area contributed by atoms with E-state index in [2.05, 4.69) is 35.0 Å². The number of carbonyl (C=O) groups is 1. The lowest BCUT2D eigenvalue weighted by molar-refractivity contribution is 0.101. The van der Waals surface area contributed by atoms with Gasteiger partial charge in [-0.15, -0.1) is 0 Å². The number of aryl methyl sites for hydroxylation is 1. The Balaban J connectivity index is 2.95. The average molecular weight is 267 g/mol. The summed E-state index contributed by atoms with van der Waals surface area (Å²) in [6, 6.07) is 5.81. The number of hydrogen-bond donors (Lipinski definition) is 0. The highest BCUT2D eigenvalue weighted by Gasteiger charge is 2.01. The third kappa shape index (κ3) is 3.63. The predicted octanol–water partition coefficient (Wildman–Crippen LogP) is 4.00. The molecule has 0 aromatic heterocycles. The minimum Gasteiger partial charge on any atom is -0.295 e. The van der Waals surface area contributed by atoms with Gasteiger partial charge in [-0.05, 0) is 37.5 Å². The molecule has 0 bridgehead atoms. The summed E-state index contributed by atoms with van der Waals surface area (Å²) in [6.45, 7) is 3.65. The third-order valence-electron chi connectivity index (χ3n) is 2.26. The van der Waals surface area contributed by atoms with Gasteiger partial charge in [0, 0.05) is 10.9 Å². The van der Waals surface area contributed by atoms with Gasteiger partial charge in [0.15, 0.2) is 5.78 Å². The van der Waals surface area contributed by atoms with Crippen LogP contribution >= 0.6 is 15.9 Å². The Labute approximate surface area is 99.3 Å². The standard InChI is InChI=1S/C13H15BrO/c1-10-6-7-13(11(2)15)9-12(10)5-3-4-8-14/h3,5-7,9H,4,8H2,1-2H3. The van der Waals surface area contributed by atoms with E-state index in [0.717, 1.165) is 22.9 Å². The maximum absolute atomic E-state index is 11.2. The van der Waals surface area contributed by atoms with Crippen LogP contribution in [0, 0.1) is 6.92 Å². The first-order valence-electron chi connectivity index (χ1n) is 4.99. The predicted molar refractivity (Wildman–Crippen MR) is 68.6 cm³/mol. The molecule has 0 N–H and O–H groups in total. The fourth-order valence-electron chi connectivity index (χ4n) is 1.31. The van der Waals surface area contributed by atoms with Crippen LogP contribution in [0.5, 0.6) is 0 Å². The zero-order valence-electron chi connectivity index (χ0n) is 9.09. The van der Waals surface area contributed by atoms with Crippen molar-refractivity contribution in [2.75, 3.05) is 5.33 Å². The lowest BCUT2D eigenvalue weighted by Crippen LogP contribution is -1.93. The third-order valence-corrected chi connectivity index (χ3v) is 2.72. The number of hydrogen-bond acceptors (Lipinski definition) is 1. The minimum absolute atomic E-state index is 0.116. The van der Waals surface area contributed by atoms with Crippen molar-refractivity contribution in [3.8, 4) is 0 Å². The summed E-state index contributed by atoms with van der Waals surface area (Å²) in [5.74, 6) is 0.116. The van der Waals surface area contributed by atoms with E-state index in [1.54, 1.807) is 6.92 Å². The first kappa shape index (κ1) is 12.2. The number of ketones is 1. The van der Waals surface area contributed by atoms with Gasteiger partial charge in [0.25, 0.3) is 0 Å². The number of benzene rings is 1. The second-order valence-electron chi connectivity index (χ2n) is 3.51. The normalized spacial score (nSPS) is 10.9. The lowest BCUT2D eigenvalue weighted by atomic mass is 10.0. The summed E-state index contributed by atoms with van der Waals surface area (Å²) in [5.41, 5.74) is 3.11. The number of alkyl halides is 1. The van der Waals surface area contributed by atoms with Gasteiger partial charge in [-0.3, -0.25) is 4.79 Å². The van der Waals surface area contributed by atoms with Gasteiger partial charge in [0.1, 0.15) is 0 Å². The summed E-state index contributed by atoms with van der Waals surface area (Å²) < 4.78 is 0. The van der Waals surface area contributed by atoms with E-state index >= 15 is 0 Å². The average Bonchev–Trinajstić information content (AvgIpc) is 2.20. The Morgan fingerprint density at radius 3 is 2.80 bits per heavy atom. The molecule has 15 heavy (non-hydrogen) atoms. The van der Waals surface area contributed by atoms with Crippen molar-refractivity contribution in [3.63, 3.8) is 0 Å². The van der Waals surface area contributed by atoms with E-state index in [1.807, 2.05) is 18.2 Å². The van der Waals surface area contributed by atoms with Crippen LogP contribution in [-0.4, -0.2) is 11.1 Å². The van der Waals surface area contributed by atoms with Crippen LogP contribution in [0.4, 0.5) is 0 Å². The van der Waals surface area contributed by atoms with Crippen molar-refractivity contribution in [2.24, 2.45) is 0 Å². The maximum atomic E-state index is 11.2. The fraction of sp³-hybridized carbons (Fsp3) is 0.308. The molecular formula is C13H15BrO. The number of Topliss-reactive ketones (excluding diaryl/α,β-unsaturated/α-hetero) is 1. The molecule has 0 aliphatic rings. The molecule has 0 aliphatic carbocycles. The highest BCUT2D eigenvalue weighted by molar-refractivity contribution is 9.09. The number of allylic oxidation sites excluding steroid dienone is 1. The topological polar surface area (TPSA) is 17.1 Å². The molecule has 2 heteroatoms.